The quantitative estimate of drug-likeness (QED) is 0.790. The molecule has 2 rings (SSSR count). The summed E-state index contributed by atoms with van der Waals surface area (Å²) in [5.41, 5.74) is 6.11. The summed E-state index contributed by atoms with van der Waals surface area (Å²) >= 11 is 4.85. The van der Waals surface area contributed by atoms with E-state index in [0.717, 1.165) is 11.6 Å². The zero-order valence-electron chi connectivity index (χ0n) is 8.51. The molecule has 16 heavy (non-hydrogen) atoms. The fourth-order valence-corrected chi connectivity index (χ4v) is 1.37. The average Bonchev–Trinajstić information content (AvgIpc) is 2.79. The lowest BCUT2D eigenvalue weighted by Gasteiger charge is -2.04. The first-order valence-corrected chi connectivity index (χ1v) is 5.19. The maximum atomic E-state index is 5.50. The molecule has 82 valence electrons. The van der Waals surface area contributed by atoms with Crippen LogP contribution in [0.4, 0.5) is 5.82 Å². The topological polar surface area (TPSA) is 64.1 Å². The number of anilines is 1. The Labute approximate surface area is 98.5 Å². The fourth-order valence-electron chi connectivity index (χ4n) is 1.26. The van der Waals surface area contributed by atoms with E-state index in [1.807, 2.05) is 24.3 Å². The van der Waals surface area contributed by atoms with Crippen molar-refractivity contribution < 1.29 is 4.42 Å². The van der Waals surface area contributed by atoms with Crippen LogP contribution in [0.2, 0.25) is 0 Å². The van der Waals surface area contributed by atoms with Gasteiger partial charge >= 0.3 is 0 Å². The molecule has 0 aliphatic rings. The molecule has 0 saturated heterocycles. The molecule has 0 spiro atoms. The number of aromatic nitrogens is 1. The standard InChI is InChI=1S/C11H11N3OS/c12-11(16)9-4-1-5-10(14-9)13-7-8-3-2-6-15-8/h1-6H,7H2,(H2,12,16)(H,13,14). The molecule has 0 unspecified atom stereocenters. The normalized spacial score (nSPS) is 10.0. The predicted molar refractivity (Wildman–Crippen MR) is 66.2 cm³/mol. The van der Waals surface area contributed by atoms with Crippen LogP contribution in [0.5, 0.6) is 0 Å². The third-order valence-electron chi connectivity index (χ3n) is 2.03. The van der Waals surface area contributed by atoms with Crippen molar-refractivity contribution in [3.8, 4) is 0 Å². The second-order valence-corrected chi connectivity index (χ2v) is 3.65. The predicted octanol–water partition coefficient (Wildman–Crippen LogP) is 1.92. The zero-order valence-corrected chi connectivity index (χ0v) is 9.33. The summed E-state index contributed by atoms with van der Waals surface area (Å²) < 4.78 is 5.19. The fraction of sp³-hybridized carbons (Fsp3) is 0.0909. The van der Waals surface area contributed by atoms with Crippen LogP contribution >= 0.6 is 12.2 Å². The molecule has 2 aromatic heterocycles. The monoisotopic (exact) mass is 233 g/mol. The lowest BCUT2D eigenvalue weighted by molar-refractivity contribution is 0.518. The summed E-state index contributed by atoms with van der Waals surface area (Å²) in [5, 5.41) is 3.12. The van der Waals surface area contributed by atoms with Gasteiger partial charge in [-0.3, -0.25) is 0 Å². The summed E-state index contributed by atoms with van der Waals surface area (Å²) in [6, 6.07) is 9.22. The van der Waals surface area contributed by atoms with Crippen molar-refractivity contribution in [1.29, 1.82) is 0 Å². The van der Waals surface area contributed by atoms with Crippen LogP contribution in [-0.4, -0.2) is 9.97 Å². The number of rotatable bonds is 4. The van der Waals surface area contributed by atoms with Gasteiger partial charge in [-0.25, -0.2) is 4.98 Å². The number of furan rings is 1. The maximum Gasteiger partial charge on any atom is 0.127 e. The molecule has 0 atom stereocenters. The SMILES string of the molecule is NC(=S)c1cccc(NCc2ccco2)n1. The average molecular weight is 233 g/mol. The van der Waals surface area contributed by atoms with Crippen molar-refractivity contribution in [3.63, 3.8) is 0 Å². The van der Waals surface area contributed by atoms with Crippen LogP contribution in [0.1, 0.15) is 11.5 Å². The van der Waals surface area contributed by atoms with E-state index in [1.165, 1.54) is 0 Å². The Balaban J connectivity index is 2.04. The Kier molecular flexibility index (Phi) is 3.16. The van der Waals surface area contributed by atoms with Crippen LogP contribution in [0.15, 0.2) is 41.0 Å². The van der Waals surface area contributed by atoms with Crippen molar-refractivity contribution in [3.05, 3.63) is 48.0 Å². The lowest BCUT2D eigenvalue weighted by atomic mass is 10.3. The minimum absolute atomic E-state index is 0.293. The number of pyridine rings is 1. The van der Waals surface area contributed by atoms with Crippen molar-refractivity contribution in [1.82, 2.24) is 4.98 Å². The number of thiocarbonyl (C=S) groups is 1. The van der Waals surface area contributed by atoms with E-state index in [2.05, 4.69) is 10.3 Å². The van der Waals surface area contributed by atoms with Crippen LogP contribution in [0, 0.1) is 0 Å². The third kappa shape index (κ3) is 2.58. The number of hydrogen-bond acceptors (Lipinski definition) is 4. The highest BCUT2D eigenvalue weighted by atomic mass is 32.1. The molecule has 0 fully saturated rings. The van der Waals surface area contributed by atoms with E-state index in [1.54, 1.807) is 12.3 Å². The van der Waals surface area contributed by atoms with E-state index < -0.39 is 0 Å². The first-order chi connectivity index (χ1) is 7.75. The zero-order chi connectivity index (χ0) is 11.4. The summed E-state index contributed by atoms with van der Waals surface area (Å²) in [7, 11) is 0. The van der Waals surface area contributed by atoms with Gasteiger partial charge in [-0.15, -0.1) is 0 Å². The highest BCUT2D eigenvalue weighted by molar-refractivity contribution is 7.80. The van der Waals surface area contributed by atoms with E-state index in [9.17, 15) is 0 Å². The molecule has 0 aliphatic heterocycles. The number of nitrogens with two attached hydrogens (primary N) is 1. The van der Waals surface area contributed by atoms with E-state index in [0.29, 0.717) is 17.2 Å². The molecule has 0 bridgehead atoms. The number of nitrogens with one attached hydrogen (secondary N) is 1. The molecule has 2 aromatic rings. The third-order valence-corrected chi connectivity index (χ3v) is 2.23. The van der Waals surface area contributed by atoms with E-state index in [4.69, 9.17) is 22.4 Å². The largest absolute Gasteiger partial charge is 0.467 e. The highest BCUT2D eigenvalue weighted by Gasteiger charge is 2.00. The molecular formula is C11H11N3OS. The van der Waals surface area contributed by atoms with Crippen LogP contribution in [-0.2, 0) is 6.54 Å². The van der Waals surface area contributed by atoms with Crippen LogP contribution < -0.4 is 11.1 Å². The summed E-state index contributed by atoms with van der Waals surface area (Å²) in [5.74, 6) is 1.57. The minimum atomic E-state index is 0.293. The lowest BCUT2D eigenvalue weighted by Crippen LogP contribution is -2.12. The molecule has 3 N–H and O–H groups in total. The molecule has 0 saturated carbocycles. The van der Waals surface area contributed by atoms with E-state index in [-0.39, 0.29) is 0 Å². The van der Waals surface area contributed by atoms with Crippen molar-refractivity contribution >= 4 is 23.0 Å². The summed E-state index contributed by atoms with van der Waals surface area (Å²) in [6.45, 7) is 0.584. The number of hydrogen-bond donors (Lipinski definition) is 2. The Hall–Kier alpha value is -1.88. The van der Waals surface area contributed by atoms with Crippen LogP contribution in [0.3, 0.4) is 0 Å². The Morgan fingerprint density at radius 3 is 2.94 bits per heavy atom. The molecule has 2 heterocycles. The summed E-state index contributed by atoms with van der Waals surface area (Å²) in [6.07, 6.45) is 1.63. The Morgan fingerprint density at radius 1 is 1.38 bits per heavy atom. The van der Waals surface area contributed by atoms with Gasteiger partial charge < -0.3 is 15.5 Å². The second-order valence-electron chi connectivity index (χ2n) is 3.21. The van der Waals surface area contributed by atoms with Crippen LogP contribution in [0.25, 0.3) is 0 Å². The Morgan fingerprint density at radius 2 is 2.25 bits per heavy atom. The van der Waals surface area contributed by atoms with Gasteiger partial charge in [0.2, 0.25) is 0 Å². The van der Waals surface area contributed by atoms with Crippen molar-refractivity contribution in [2.75, 3.05) is 5.32 Å². The molecule has 5 heteroatoms. The molecule has 0 amide bonds. The van der Waals surface area contributed by atoms with Gasteiger partial charge in [0.25, 0.3) is 0 Å². The second kappa shape index (κ2) is 4.76. The van der Waals surface area contributed by atoms with Gasteiger partial charge in [0.05, 0.1) is 18.5 Å². The van der Waals surface area contributed by atoms with Gasteiger partial charge in [0.15, 0.2) is 0 Å². The first-order valence-electron chi connectivity index (χ1n) is 4.79. The van der Waals surface area contributed by atoms with Gasteiger partial charge in [-0.1, -0.05) is 18.3 Å². The van der Waals surface area contributed by atoms with Gasteiger partial charge in [0.1, 0.15) is 16.6 Å². The molecule has 0 aromatic carbocycles. The molecule has 0 radical (unpaired) electrons. The summed E-state index contributed by atoms with van der Waals surface area (Å²) in [4.78, 5) is 4.55. The smallest absolute Gasteiger partial charge is 0.127 e. The maximum absolute atomic E-state index is 5.50. The van der Waals surface area contributed by atoms with Gasteiger partial charge in [0, 0.05) is 0 Å². The highest BCUT2D eigenvalue weighted by Crippen LogP contribution is 2.07. The van der Waals surface area contributed by atoms with Gasteiger partial charge in [-0.05, 0) is 24.3 Å². The minimum Gasteiger partial charge on any atom is -0.467 e. The van der Waals surface area contributed by atoms with E-state index >= 15 is 0 Å². The van der Waals surface area contributed by atoms with Crippen molar-refractivity contribution in [2.45, 2.75) is 6.54 Å². The number of nitrogens with zero attached hydrogens (tertiary/aromatic N) is 1. The molecular weight excluding hydrogens is 222 g/mol. The molecule has 0 aliphatic carbocycles. The first kappa shape index (κ1) is 10.6. The molecule has 4 nitrogen and oxygen atoms in total. The van der Waals surface area contributed by atoms with Crippen molar-refractivity contribution in [2.24, 2.45) is 5.73 Å². The van der Waals surface area contributed by atoms with Gasteiger partial charge in [-0.2, -0.15) is 0 Å². The Bertz CT molecular complexity index is 482.